The van der Waals surface area contributed by atoms with Crippen molar-refractivity contribution in [3.8, 4) is 0 Å². The third-order valence-corrected chi connectivity index (χ3v) is 6.94. The van der Waals surface area contributed by atoms with Crippen molar-refractivity contribution in [3.63, 3.8) is 0 Å². The summed E-state index contributed by atoms with van der Waals surface area (Å²) in [5, 5.41) is 2.70. The first-order chi connectivity index (χ1) is 14.3. The average Bonchev–Trinajstić information content (AvgIpc) is 3.04. The maximum atomic E-state index is 12.8. The lowest BCUT2D eigenvalue weighted by Crippen LogP contribution is -2.35. The number of anilines is 1. The summed E-state index contributed by atoms with van der Waals surface area (Å²) < 4.78 is 26.7. The molecule has 1 saturated heterocycles. The van der Waals surface area contributed by atoms with Crippen LogP contribution in [-0.2, 0) is 14.8 Å². The largest absolute Gasteiger partial charge is 0.356 e. The topological polar surface area (TPSA) is 103 Å². The lowest BCUT2D eigenvalue weighted by atomic mass is 10.2. The van der Waals surface area contributed by atoms with E-state index in [1.165, 1.54) is 19.3 Å². The van der Waals surface area contributed by atoms with Crippen LogP contribution >= 0.6 is 0 Å². The van der Waals surface area contributed by atoms with Crippen LogP contribution in [0.4, 0.5) is 5.69 Å². The van der Waals surface area contributed by atoms with Gasteiger partial charge in [-0.05, 0) is 43.5 Å². The highest BCUT2D eigenvalue weighted by Gasteiger charge is 2.26. The van der Waals surface area contributed by atoms with Gasteiger partial charge in [0.1, 0.15) is 10.6 Å². The van der Waals surface area contributed by atoms with Crippen molar-refractivity contribution in [2.75, 3.05) is 32.0 Å². The number of benzene rings is 1. The number of carbonyl (C=O) groups excluding carboxylic acids is 2. The molecule has 0 spiro atoms. The minimum atomic E-state index is -3.91. The molecule has 2 heterocycles. The Hall–Kier alpha value is -2.65. The summed E-state index contributed by atoms with van der Waals surface area (Å²) in [6, 6.07) is 8.61. The van der Waals surface area contributed by atoms with Gasteiger partial charge < -0.3 is 15.2 Å². The van der Waals surface area contributed by atoms with Gasteiger partial charge in [0.05, 0.1) is 6.54 Å². The molecular formula is C21H28N4O4S. The van der Waals surface area contributed by atoms with E-state index in [0.29, 0.717) is 18.8 Å². The smallest absolute Gasteiger partial charge is 0.270 e. The predicted molar refractivity (Wildman–Crippen MR) is 115 cm³/mol. The Bertz CT molecular complexity index is 1010. The highest BCUT2D eigenvalue weighted by molar-refractivity contribution is 7.89. The summed E-state index contributed by atoms with van der Waals surface area (Å²) in [5.74, 6) is -0.638. The zero-order valence-electron chi connectivity index (χ0n) is 17.3. The Kier molecular flexibility index (Phi) is 6.94. The van der Waals surface area contributed by atoms with E-state index in [2.05, 4.69) is 10.3 Å². The molecular weight excluding hydrogens is 404 g/mol. The van der Waals surface area contributed by atoms with Gasteiger partial charge in [0.25, 0.3) is 5.91 Å². The number of hydrogen-bond donors (Lipinski definition) is 2. The van der Waals surface area contributed by atoms with Gasteiger partial charge in [-0.1, -0.05) is 25.0 Å². The zero-order chi connectivity index (χ0) is 21.7. The van der Waals surface area contributed by atoms with Crippen molar-refractivity contribution < 1.29 is 18.0 Å². The molecule has 0 radical (unpaired) electrons. The van der Waals surface area contributed by atoms with Crippen LogP contribution in [0.2, 0.25) is 0 Å². The Morgan fingerprint density at radius 3 is 2.50 bits per heavy atom. The molecule has 0 unspecified atom stereocenters. The number of hydrogen-bond acceptors (Lipinski definition) is 4. The maximum absolute atomic E-state index is 12.8. The Labute approximate surface area is 177 Å². The molecule has 2 N–H and O–H groups in total. The van der Waals surface area contributed by atoms with Gasteiger partial charge in [-0.3, -0.25) is 9.59 Å². The molecule has 3 rings (SSSR count). The second-order valence-corrected chi connectivity index (χ2v) is 9.68. The SMILES string of the molecule is Cc1cccc(NC(=O)CN(C)S(=O)(=O)c2c[nH]c(C(=O)N3CCCCCC3)c2)c1. The number of aromatic nitrogens is 1. The summed E-state index contributed by atoms with van der Waals surface area (Å²) in [7, 11) is -2.57. The van der Waals surface area contributed by atoms with Crippen LogP contribution in [0.25, 0.3) is 0 Å². The minimum absolute atomic E-state index is 0.0356. The second kappa shape index (κ2) is 9.44. The third-order valence-electron chi connectivity index (χ3n) is 5.16. The molecule has 8 nitrogen and oxygen atoms in total. The van der Waals surface area contributed by atoms with E-state index in [0.717, 1.165) is 35.6 Å². The number of sulfonamides is 1. The second-order valence-electron chi connectivity index (χ2n) is 7.63. The fourth-order valence-corrected chi connectivity index (χ4v) is 4.60. The van der Waals surface area contributed by atoms with Crippen molar-refractivity contribution in [1.29, 1.82) is 0 Å². The zero-order valence-corrected chi connectivity index (χ0v) is 18.2. The van der Waals surface area contributed by atoms with E-state index in [9.17, 15) is 18.0 Å². The number of nitrogens with zero attached hydrogens (tertiary/aromatic N) is 2. The molecule has 1 fully saturated rings. The number of aryl methyl sites for hydroxylation is 1. The van der Waals surface area contributed by atoms with Crippen molar-refractivity contribution in [1.82, 2.24) is 14.2 Å². The number of rotatable bonds is 6. The Balaban J connectivity index is 1.65. The quantitative estimate of drug-likeness (QED) is 0.732. The van der Waals surface area contributed by atoms with Gasteiger partial charge in [-0.25, -0.2) is 8.42 Å². The van der Waals surface area contributed by atoms with Crippen molar-refractivity contribution in [2.24, 2.45) is 0 Å². The lowest BCUT2D eigenvalue weighted by Gasteiger charge is -2.19. The molecule has 162 valence electrons. The first kappa shape index (κ1) is 22.0. The van der Waals surface area contributed by atoms with E-state index in [1.807, 2.05) is 19.1 Å². The van der Waals surface area contributed by atoms with Gasteiger partial charge in [0.15, 0.2) is 0 Å². The third kappa shape index (κ3) is 5.28. The normalized spacial score (nSPS) is 15.1. The average molecular weight is 433 g/mol. The molecule has 0 aliphatic carbocycles. The van der Waals surface area contributed by atoms with Crippen LogP contribution in [-0.4, -0.2) is 61.1 Å². The highest BCUT2D eigenvalue weighted by atomic mass is 32.2. The molecule has 0 bridgehead atoms. The van der Waals surface area contributed by atoms with Crippen LogP contribution in [0.15, 0.2) is 41.4 Å². The highest BCUT2D eigenvalue weighted by Crippen LogP contribution is 2.19. The first-order valence-electron chi connectivity index (χ1n) is 10.1. The minimum Gasteiger partial charge on any atom is -0.356 e. The van der Waals surface area contributed by atoms with E-state index < -0.39 is 15.9 Å². The maximum Gasteiger partial charge on any atom is 0.270 e. The number of carbonyl (C=O) groups is 2. The number of H-pyrrole nitrogens is 1. The fourth-order valence-electron chi connectivity index (χ4n) is 3.48. The van der Waals surface area contributed by atoms with Crippen molar-refractivity contribution in [2.45, 2.75) is 37.5 Å². The fraction of sp³-hybridized carbons (Fsp3) is 0.429. The molecule has 30 heavy (non-hydrogen) atoms. The number of amides is 2. The standard InChI is InChI=1S/C21H28N4O4S/c1-16-8-7-9-17(12-16)23-20(26)15-24(2)30(28,29)18-13-19(22-14-18)21(27)25-10-5-3-4-6-11-25/h7-9,12-14,22H,3-6,10-11,15H2,1-2H3,(H,23,26). The van der Waals surface area contributed by atoms with Crippen LogP contribution in [0.1, 0.15) is 41.7 Å². The molecule has 0 saturated carbocycles. The molecule has 1 aromatic heterocycles. The van der Waals surface area contributed by atoms with E-state index in [1.54, 1.807) is 17.0 Å². The van der Waals surface area contributed by atoms with Crippen LogP contribution in [0, 0.1) is 6.92 Å². The molecule has 1 aliphatic rings. The Morgan fingerprint density at radius 1 is 1.13 bits per heavy atom. The summed E-state index contributed by atoms with van der Waals surface area (Å²) in [6.45, 7) is 2.93. The number of aromatic amines is 1. The molecule has 2 aromatic rings. The van der Waals surface area contributed by atoms with Gasteiger partial charge in [-0.2, -0.15) is 4.31 Å². The first-order valence-corrected chi connectivity index (χ1v) is 11.5. The summed E-state index contributed by atoms with van der Waals surface area (Å²) in [5.41, 5.74) is 1.84. The summed E-state index contributed by atoms with van der Waals surface area (Å²) in [6.07, 6.45) is 5.41. The molecule has 2 amide bonds. The Morgan fingerprint density at radius 2 is 1.83 bits per heavy atom. The molecule has 0 atom stereocenters. The monoisotopic (exact) mass is 432 g/mol. The van der Waals surface area contributed by atoms with Crippen molar-refractivity contribution >= 4 is 27.5 Å². The van der Waals surface area contributed by atoms with Crippen LogP contribution in [0.3, 0.4) is 0 Å². The summed E-state index contributed by atoms with van der Waals surface area (Å²) >= 11 is 0. The van der Waals surface area contributed by atoms with Crippen LogP contribution in [0.5, 0.6) is 0 Å². The number of likely N-dealkylation sites (tertiary alicyclic amines) is 1. The molecule has 1 aromatic carbocycles. The van der Waals surface area contributed by atoms with Gasteiger partial charge >= 0.3 is 0 Å². The summed E-state index contributed by atoms with van der Waals surface area (Å²) in [4.78, 5) is 29.5. The van der Waals surface area contributed by atoms with E-state index >= 15 is 0 Å². The van der Waals surface area contributed by atoms with E-state index in [-0.39, 0.29) is 23.0 Å². The van der Waals surface area contributed by atoms with E-state index in [4.69, 9.17) is 0 Å². The number of nitrogens with one attached hydrogen (secondary N) is 2. The van der Waals surface area contributed by atoms with Crippen molar-refractivity contribution in [3.05, 3.63) is 47.8 Å². The van der Waals surface area contributed by atoms with Gasteiger partial charge in [0.2, 0.25) is 15.9 Å². The van der Waals surface area contributed by atoms with Gasteiger partial charge in [0, 0.05) is 32.0 Å². The number of likely N-dealkylation sites (N-methyl/N-ethyl adjacent to an activating group) is 1. The van der Waals surface area contributed by atoms with Crippen LogP contribution < -0.4 is 5.32 Å². The molecule has 1 aliphatic heterocycles. The predicted octanol–water partition coefficient (Wildman–Crippen LogP) is 2.60. The molecule has 9 heteroatoms. The lowest BCUT2D eigenvalue weighted by molar-refractivity contribution is -0.116. The van der Waals surface area contributed by atoms with Gasteiger partial charge in [-0.15, -0.1) is 0 Å².